The SMILES string of the molecule is CC(Cn1cnc2ccccc21)C(=O)N/N=C\c1ccccn1. The molecule has 3 aromatic rings. The lowest BCUT2D eigenvalue weighted by molar-refractivity contribution is -0.124. The van der Waals surface area contributed by atoms with Gasteiger partial charge in [-0.3, -0.25) is 9.78 Å². The van der Waals surface area contributed by atoms with Crippen molar-refractivity contribution in [2.75, 3.05) is 0 Å². The number of para-hydroxylation sites is 2. The molecule has 2 aromatic heterocycles. The molecule has 2 heterocycles. The number of hydrogen-bond acceptors (Lipinski definition) is 4. The highest BCUT2D eigenvalue weighted by molar-refractivity contribution is 5.82. The molecule has 1 unspecified atom stereocenters. The van der Waals surface area contributed by atoms with Gasteiger partial charge in [-0.05, 0) is 24.3 Å². The van der Waals surface area contributed by atoms with Gasteiger partial charge in [0.05, 0.1) is 35.2 Å². The molecule has 0 spiro atoms. The third-order valence-corrected chi connectivity index (χ3v) is 3.50. The Morgan fingerprint density at radius 2 is 2.09 bits per heavy atom. The van der Waals surface area contributed by atoms with E-state index in [4.69, 9.17) is 0 Å². The summed E-state index contributed by atoms with van der Waals surface area (Å²) in [6.07, 6.45) is 4.96. The van der Waals surface area contributed by atoms with Gasteiger partial charge in [-0.1, -0.05) is 25.1 Å². The number of benzene rings is 1. The normalized spacial score (nSPS) is 12.6. The average Bonchev–Trinajstić information content (AvgIpc) is 2.99. The second-order valence-corrected chi connectivity index (χ2v) is 5.28. The van der Waals surface area contributed by atoms with Crippen LogP contribution in [0.4, 0.5) is 0 Å². The van der Waals surface area contributed by atoms with E-state index >= 15 is 0 Å². The molecular weight excluding hydrogens is 290 g/mol. The Bertz CT molecular complexity index is 825. The predicted molar refractivity (Wildman–Crippen MR) is 88.9 cm³/mol. The fourth-order valence-electron chi connectivity index (χ4n) is 2.26. The number of carbonyl (C=O) groups is 1. The van der Waals surface area contributed by atoms with Crippen molar-refractivity contribution in [2.45, 2.75) is 13.5 Å². The van der Waals surface area contributed by atoms with E-state index in [2.05, 4.69) is 20.5 Å². The minimum Gasteiger partial charge on any atom is -0.330 e. The smallest absolute Gasteiger partial charge is 0.244 e. The minimum atomic E-state index is -0.228. The molecule has 23 heavy (non-hydrogen) atoms. The van der Waals surface area contributed by atoms with Crippen molar-refractivity contribution in [3.63, 3.8) is 0 Å². The lowest BCUT2D eigenvalue weighted by Gasteiger charge is -2.11. The van der Waals surface area contributed by atoms with Gasteiger partial charge >= 0.3 is 0 Å². The number of amides is 1. The maximum atomic E-state index is 12.1. The number of aromatic nitrogens is 3. The number of pyridine rings is 1. The van der Waals surface area contributed by atoms with Crippen LogP contribution in [0.2, 0.25) is 0 Å². The Balaban J connectivity index is 1.60. The molecule has 3 rings (SSSR count). The van der Waals surface area contributed by atoms with Crippen molar-refractivity contribution in [1.29, 1.82) is 0 Å². The second kappa shape index (κ2) is 6.83. The first-order chi connectivity index (χ1) is 11.2. The van der Waals surface area contributed by atoms with Crippen LogP contribution >= 0.6 is 0 Å². The molecule has 0 saturated carbocycles. The first-order valence-electron chi connectivity index (χ1n) is 7.38. The van der Waals surface area contributed by atoms with Crippen LogP contribution in [0.25, 0.3) is 11.0 Å². The third-order valence-electron chi connectivity index (χ3n) is 3.50. The Morgan fingerprint density at radius 1 is 1.26 bits per heavy atom. The van der Waals surface area contributed by atoms with Gasteiger partial charge in [0, 0.05) is 12.7 Å². The summed E-state index contributed by atoms with van der Waals surface area (Å²) in [5.41, 5.74) is 5.19. The van der Waals surface area contributed by atoms with Crippen molar-refractivity contribution in [2.24, 2.45) is 11.0 Å². The molecule has 6 heteroatoms. The van der Waals surface area contributed by atoms with Crippen LogP contribution in [-0.4, -0.2) is 26.7 Å². The zero-order valence-electron chi connectivity index (χ0n) is 12.8. The van der Waals surface area contributed by atoms with Gasteiger partial charge in [-0.25, -0.2) is 10.4 Å². The number of rotatable bonds is 5. The highest BCUT2D eigenvalue weighted by atomic mass is 16.2. The Labute approximate surface area is 133 Å². The number of carbonyl (C=O) groups excluding carboxylic acids is 1. The summed E-state index contributed by atoms with van der Waals surface area (Å²) in [5.74, 6) is -0.372. The van der Waals surface area contributed by atoms with Gasteiger partial charge in [0.25, 0.3) is 0 Å². The molecule has 1 atom stereocenters. The molecule has 1 aromatic carbocycles. The van der Waals surface area contributed by atoms with Gasteiger partial charge in [0.1, 0.15) is 0 Å². The molecule has 0 fully saturated rings. The fraction of sp³-hybridized carbons (Fsp3) is 0.176. The Morgan fingerprint density at radius 3 is 2.91 bits per heavy atom. The number of hydrogen-bond donors (Lipinski definition) is 1. The molecule has 0 aliphatic rings. The highest BCUT2D eigenvalue weighted by Gasteiger charge is 2.14. The van der Waals surface area contributed by atoms with Gasteiger partial charge in [-0.2, -0.15) is 5.10 Å². The van der Waals surface area contributed by atoms with Crippen molar-refractivity contribution >= 4 is 23.2 Å². The largest absolute Gasteiger partial charge is 0.330 e. The molecular formula is C17H17N5O. The molecule has 0 aliphatic carbocycles. The monoisotopic (exact) mass is 307 g/mol. The van der Waals surface area contributed by atoms with Crippen LogP contribution in [0, 0.1) is 5.92 Å². The molecule has 0 radical (unpaired) electrons. The number of imidazole rings is 1. The molecule has 0 bridgehead atoms. The van der Waals surface area contributed by atoms with Gasteiger partial charge in [0.15, 0.2) is 0 Å². The van der Waals surface area contributed by atoms with Crippen molar-refractivity contribution in [3.8, 4) is 0 Å². The number of nitrogens with zero attached hydrogens (tertiary/aromatic N) is 4. The van der Waals surface area contributed by atoms with E-state index in [1.165, 1.54) is 6.21 Å². The van der Waals surface area contributed by atoms with E-state index in [0.29, 0.717) is 12.2 Å². The molecule has 0 saturated heterocycles. The van der Waals surface area contributed by atoms with Crippen molar-refractivity contribution < 1.29 is 4.79 Å². The molecule has 1 amide bonds. The van der Waals surface area contributed by atoms with E-state index in [0.717, 1.165) is 11.0 Å². The number of nitrogens with one attached hydrogen (secondary N) is 1. The van der Waals surface area contributed by atoms with Crippen LogP contribution in [0.5, 0.6) is 0 Å². The van der Waals surface area contributed by atoms with E-state index < -0.39 is 0 Å². The topological polar surface area (TPSA) is 72.2 Å². The predicted octanol–water partition coefficient (Wildman–Crippen LogP) is 2.22. The van der Waals surface area contributed by atoms with E-state index in [1.807, 2.05) is 54.0 Å². The summed E-state index contributed by atoms with van der Waals surface area (Å²) in [6, 6.07) is 13.4. The zero-order chi connectivity index (χ0) is 16.1. The Kier molecular flexibility index (Phi) is 4.42. The van der Waals surface area contributed by atoms with Crippen LogP contribution < -0.4 is 5.43 Å². The summed E-state index contributed by atoms with van der Waals surface area (Å²) in [6.45, 7) is 2.41. The quantitative estimate of drug-likeness (QED) is 0.580. The first kappa shape index (κ1) is 14.9. The maximum Gasteiger partial charge on any atom is 0.244 e. The van der Waals surface area contributed by atoms with Gasteiger partial charge < -0.3 is 4.57 Å². The number of fused-ring (bicyclic) bond motifs is 1. The summed E-state index contributed by atoms with van der Waals surface area (Å²) >= 11 is 0. The summed E-state index contributed by atoms with van der Waals surface area (Å²) in [5, 5.41) is 3.94. The molecule has 6 nitrogen and oxygen atoms in total. The number of hydrazone groups is 1. The standard InChI is InChI=1S/C17H17N5O/c1-13(11-22-12-19-15-7-2-3-8-16(15)22)17(23)21-20-10-14-6-4-5-9-18-14/h2-10,12-13H,11H2,1H3,(H,21,23)/b20-10-. The van der Waals surface area contributed by atoms with Gasteiger partial charge in [-0.15, -0.1) is 0 Å². The van der Waals surface area contributed by atoms with Crippen LogP contribution in [-0.2, 0) is 11.3 Å². The van der Waals surface area contributed by atoms with Crippen LogP contribution in [0.1, 0.15) is 12.6 Å². The summed E-state index contributed by atoms with van der Waals surface area (Å²) in [4.78, 5) is 20.5. The molecule has 0 aliphatic heterocycles. The average molecular weight is 307 g/mol. The maximum absolute atomic E-state index is 12.1. The lowest BCUT2D eigenvalue weighted by Crippen LogP contribution is -2.28. The Hall–Kier alpha value is -3.02. The lowest BCUT2D eigenvalue weighted by atomic mass is 10.1. The van der Waals surface area contributed by atoms with E-state index in [9.17, 15) is 4.79 Å². The fourth-order valence-corrected chi connectivity index (χ4v) is 2.26. The zero-order valence-corrected chi connectivity index (χ0v) is 12.8. The van der Waals surface area contributed by atoms with Crippen molar-refractivity contribution in [3.05, 3.63) is 60.7 Å². The van der Waals surface area contributed by atoms with E-state index in [-0.39, 0.29) is 11.8 Å². The minimum absolute atomic E-state index is 0.144. The third kappa shape index (κ3) is 3.60. The molecule has 1 N–H and O–H groups in total. The summed E-state index contributed by atoms with van der Waals surface area (Å²) < 4.78 is 1.97. The van der Waals surface area contributed by atoms with Crippen LogP contribution in [0.15, 0.2) is 60.1 Å². The van der Waals surface area contributed by atoms with E-state index in [1.54, 1.807) is 12.5 Å². The molecule has 116 valence electrons. The first-order valence-corrected chi connectivity index (χ1v) is 7.38. The van der Waals surface area contributed by atoms with Crippen molar-refractivity contribution in [1.82, 2.24) is 20.0 Å². The van der Waals surface area contributed by atoms with Gasteiger partial charge in [0.2, 0.25) is 5.91 Å². The highest BCUT2D eigenvalue weighted by Crippen LogP contribution is 2.13. The second-order valence-electron chi connectivity index (χ2n) is 5.28. The summed E-state index contributed by atoms with van der Waals surface area (Å²) in [7, 11) is 0. The van der Waals surface area contributed by atoms with Crippen LogP contribution in [0.3, 0.4) is 0 Å².